The molecule has 0 saturated carbocycles. The molecule has 0 rings (SSSR count). The van der Waals surface area contributed by atoms with Gasteiger partial charge < -0.3 is 9.47 Å². The predicted molar refractivity (Wildman–Crippen MR) is 67.9 cm³/mol. The number of rotatable bonds is 7. The Bertz CT molecular complexity index is 239. The van der Waals surface area contributed by atoms with Crippen molar-refractivity contribution in [1.82, 2.24) is 0 Å². The molecule has 0 aromatic heterocycles. The van der Waals surface area contributed by atoms with Crippen molar-refractivity contribution in [2.24, 2.45) is 5.41 Å². The van der Waals surface area contributed by atoms with Crippen molar-refractivity contribution in [3.8, 4) is 0 Å². The molecular formula is C10H16Br2O4. The standard InChI is InChI=1S/C10H16Br2O4/c1-3-9(14)16-7-10(4-11,5-12)6-15-8(2)13/h3-7H2,1-2H3. The van der Waals surface area contributed by atoms with Crippen molar-refractivity contribution in [2.75, 3.05) is 23.9 Å². The second kappa shape index (κ2) is 8.06. The minimum atomic E-state index is -0.406. The lowest BCUT2D eigenvalue weighted by Crippen LogP contribution is -2.37. The molecule has 0 radical (unpaired) electrons. The van der Waals surface area contributed by atoms with E-state index >= 15 is 0 Å². The molecule has 94 valence electrons. The van der Waals surface area contributed by atoms with Crippen LogP contribution in [0.5, 0.6) is 0 Å². The molecule has 0 aromatic carbocycles. The van der Waals surface area contributed by atoms with Gasteiger partial charge in [0.15, 0.2) is 0 Å². The normalized spacial score (nSPS) is 11.0. The monoisotopic (exact) mass is 358 g/mol. The summed E-state index contributed by atoms with van der Waals surface area (Å²) in [6, 6.07) is 0. The molecule has 0 atom stereocenters. The van der Waals surface area contributed by atoms with Crippen molar-refractivity contribution < 1.29 is 19.1 Å². The lowest BCUT2D eigenvalue weighted by molar-refractivity contribution is -0.150. The van der Waals surface area contributed by atoms with Gasteiger partial charge in [-0.25, -0.2) is 0 Å². The minimum Gasteiger partial charge on any atom is -0.465 e. The van der Waals surface area contributed by atoms with E-state index in [1.165, 1.54) is 6.92 Å². The van der Waals surface area contributed by atoms with Crippen LogP contribution in [0.1, 0.15) is 20.3 Å². The average Bonchev–Trinajstić information content (AvgIpc) is 2.29. The van der Waals surface area contributed by atoms with E-state index in [1.54, 1.807) is 6.92 Å². The van der Waals surface area contributed by atoms with E-state index in [0.29, 0.717) is 17.1 Å². The Labute approximate surface area is 112 Å². The topological polar surface area (TPSA) is 52.6 Å². The molecule has 0 heterocycles. The Balaban J connectivity index is 4.31. The zero-order chi connectivity index (χ0) is 12.6. The number of hydrogen-bond donors (Lipinski definition) is 0. The van der Waals surface area contributed by atoms with Gasteiger partial charge in [0, 0.05) is 24.0 Å². The molecule has 0 fully saturated rings. The largest absolute Gasteiger partial charge is 0.465 e. The van der Waals surface area contributed by atoms with Crippen molar-refractivity contribution in [3.63, 3.8) is 0 Å². The van der Waals surface area contributed by atoms with Gasteiger partial charge >= 0.3 is 11.9 Å². The third-order valence-corrected chi connectivity index (χ3v) is 4.36. The molecule has 4 nitrogen and oxygen atoms in total. The first-order chi connectivity index (χ1) is 7.49. The SMILES string of the molecule is CCC(=O)OCC(CBr)(CBr)COC(C)=O. The first-order valence-corrected chi connectivity index (χ1v) is 7.15. The fraction of sp³-hybridized carbons (Fsp3) is 0.800. The van der Waals surface area contributed by atoms with E-state index < -0.39 is 5.41 Å². The zero-order valence-electron chi connectivity index (χ0n) is 9.42. The van der Waals surface area contributed by atoms with Gasteiger partial charge in [-0.15, -0.1) is 0 Å². The molecule has 0 aliphatic heterocycles. The number of hydrogen-bond acceptors (Lipinski definition) is 4. The molecule has 0 spiro atoms. The van der Waals surface area contributed by atoms with Gasteiger partial charge in [-0.05, 0) is 0 Å². The summed E-state index contributed by atoms with van der Waals surface area (Å²) in [5.74, 6) is -0.595. The molecule has 0 aliphatic carbocycles. The highest BCUT2D eigenvalue weighted by molar-refractivity contribution is 9.09. The summed E-state index contributed by atoms with van der Waals surface area (Å²) in [4.78, 5) is 21.8. The summed E-state index contributed by atoms with van der Waals surface area (Å²) in [6.07, 6.45) is 0.341. The number of ether oxygens (including phenoxy) is 2. The molecule has 0 aromatic rings. The number of carbonyl (C=O) groups is 2. The summed E-state index contributed by atoms with van der Waals surface area (Å²) in [7, 11) is 0. The van der Waals surface area contributed by atoms with E-state index in [-0.39, 0.29) is 25.2 Å². The van der Waals surface area contributed by atoms with Gasteiger partial charge in [-0.3, -0.25) is 9.59 Å². The first-order valence-electron chi connectivity index (χ1n) is 4.90. The Morgan fingerprint density at radius 1 is 1.12 bits per heavy atom. The van der Waals surface area contributed by atoms with E-state index in [1.807, 2.05) is 0 Å². The summed E-state index contributed by atoms with van der Waals surface area (Å²) < 4.78 is 10.0. The Kier molecular flexibility index (Phi) is 8.01. The molecule has 0 saturated heterocycles. The summed E-state index contributed by atoms with van der Waals surface area (Å²) in [5, 5.41) is 1.16. The van der Waals surface area contributed by atoms with Gasteiger partial charge in [0.2, 0.25) is 0 Å². The highest BCUT2D eigenvalue weighted by Crippen LogP contribution is 2.24. The van der Waals surface area contributed by atoms with Gasteiger partial charge in [-0.2, -0.15) is 0 Å². The molecule has 0 aliphatic rings. The fourth-order valence-corrected chi connectivity index (χ4v) is 2.40. The van der Waals surface area contributed by atoms with Gasteiger partial charge in [0.05, 0.1) is 5.41 Å². The van der Waals surface area contributed by atoms with Crippen LogP contribution in [0.2, 0.25) is 0 Å². The average molecular weight is 360 g/mol. The van der Waals surface area contributed by atoms with Crippen LogP contribution in [-0.2, 0) is 19.1 Å². The van der Waals surface area contributed by atoms with E-state index in [9.17, 15) is 9.59 Å². The second-order valence-corrected chi connectivity index (χ2v) is 4.68. The highest BCUT2D eigenvalue weighted by atomic mass is 79.9. The molecule has 0 N–H and O–H groups in total. The maximum absolute atomic E-state index is 11.1. The lowest BCUT2D eigenvalue weighted by Gasteiger charge is -2.28. The first kappa shape index (κ1) is 15.9. The zero-order valence-corrected chi connectivity index (χ0v) is 12.6. The quantitative estimate of drug-likeness (QED) is 0.517. The van der Waals surface area contributed by atoms with Crippen LogP contribution in [0.4, 0.5) is 0 Å². The van der Waals surface area contributed by atoms with Crippen LogP contribution in [0.15, 0.2) is 0 Å². The number of halogens is 2. The van der Waals surface area contributed by atoms with Crippen molar-refractivity contribution in [3.05, 3.63) is 0 Å². The predicted octanol–water partition coefficient (Wildman–Crippen LogP) is 2.28. The molecule has 16 heavy (non-hydrogen) atoms. The molecular weight excluding hydrogens is 344 g/mol. The highest BCUT2D eigenvalue weighted by Gasteiger charge is 2.31. The number of alkyl halides is 2. The fourth-order valence-electron chi connectivity index (χ4n) is 0.822. The van der Waals surface area contributed by atoms with Crippen LogP contribution >= 0.6 is 31.9 Å². The third kappa shape index (κ3) is 5.84. The summed E-state index contributed by atoms with van der Waals surface area (Å²) >= 11 is 6.69. The van der Waals surface area contributed by atoms with Crippen LogP contribution < -0.4 is 0 Å². The Hall–Kier alpha value is -0.100. The second-order valence-electron chi connectivity index (χ2n) is 3.56. The summed E-state index contributed by atoms with van der Waals surface area (Å²) in [5.41, 5.74) is -0.406. The van der Waals surface area contributed by atoms with Crippen LogP contribution in [0.25, 0.3) is 0 Å². The van der Waals surface area contributed by atoms with Crippen molar-refractivity contribution in [2.45, 2.75) is 20.3 Å². The molecule has 6 heteroatoms. The molecule has 0 bridgehead atoms. The van der Waals surface area contributed by atoms with E-state index in [4.69, 9.17) is 9.47 Å². The minimum absolute atomic E-state index is 0.218. The maximum Gasteiger partial charge on any atom is 0.305 e. The number of esters is 2. The van der Waals surface area contributed by atoms with E-state index in [2.05, 4.69) is 31.9 Å². The summed E-state index contributed by atoms with van der Waals surface area (Å²) in [6.45, 7) is 3.53. The van der Waals surface area contributed by atoms with Gasteiger partial charge in [0.1, 0.15) is 13.2 Å². The Morgan fingerprint density at radius 2 is 1.62 bits per heavy atom. The van der Waals surface area contributed by atoms with Crippen LogP contribution in [0.3, 0.4) is 0 Å². The van der Waals surface area contributed by atoms with Crippen molar-refractivity contribution >= 4 is 43.8 Å². The molecule has 0 amide bonds. The smallest absolute Gasteiger partial charge is 0.305 e. The molecule has 0 unspecified atom stereocenters. The van der Waals surface area contributed by atoms with Gasteiger partial charge in [0.25, 0.3) is 0 Å². The lowest BCUT2D eigenvalue weighted by atomic mass is 9.96. The van der Waals surface area contributed by atoms with Crippen LogP contribution in [0, 0.1) is 5.41 Å². The van der Waals surface area contributed by atoms with Crippen LogP contribution in [-0.4, -0.2) is 35.8 Å². The van der Waals surface area contributed by atoms with Crippen molar-refractivity contribution in [1.29, 1.82) is 0 Å². The third-order valence-electron chi connectivity index (χ3n) is 1.98. The van der Waals surface area contributed by atoms with Gasteiger partial charge in [-0.1, -0.05) is 38.8 Å². The maximum atomic E-state index is 11.1. The number of carbonyl (C=O) groups excluding carboxylic acids is 2. The van der Waals surface area contributed by atoms with E-state index in [0.717, 1.165) is 0 Å². The Morgan fingerprint density at radius 3 is 2.00 bits per heavy atom.